The summed E-state index contributed by atoms with van der Waals surface area (Å²) >= 11 is 0. The molecule has 0 unspecified atom stereocenters. The zero-order chi connectivity index (χ0) is 18.6. The van der Waals surface area contributed by atoms with Crippen LogP contribution in [0.4, 0.5) is 11.4 Å². The van der Waals surface area contributed by atoms with Crippen LogP contribution in [0.5, 0.6) is 5.75 Å². The minimum Gasteiger partial charge on any atom is -0.482 e. The van der Waals surface area contributed by atoms with Gasteiger partial charge in [0.15, 0.2) is 6.61 Å². The monoisotopic (exact) mass is 365 g/mol. The second-order valence-electron chi connectivity index (χ2n) is 6.87. The summed E-state index contributed by atoms with van der Waals surface area (Å²) in [5.74, 6) is 0.717. The number of hydrogen-bond acceptors (Lipinski definition) is 4. The van der Waals surface area contributed by atoms with E-state index >= 15 is 0 Å². The lowest BCUT2D eigenvalue weighted by Gasteiger charge is -2.36. The molecule has 1 fully saturated rings. The van der Waals surface area contributed by atoms with E-state index in [1.54, 1.807) is 0 Å². The lowest BCUT2D eigenvalue weighted by molar-refractivity contribution is -0.131. The molecule has 0 saturated carbocycles. The first-order valence-electron chi connectivity index (χ1n) is 9.32. The van der Waals surface area contributed by atoms with E-state index in [1.165, 1.54) is 5.69 Å². The lowest BCUT2D eigenvalue weighted by atomic mass is 10.1. The first kappa shape index (κ1) is 17.4. The molecule has 0 aliphatic carbocycles. The van der Waals surface area contributed by atoms with Gasteiger partial charge in [-0.1, -0.05) is 24.3 Å². The number of amides is 2. The van der Waals surface area contributed by atoms with Crippen molar-refractivity contribution in [3.05, 3.63) is 54.1 Å². The van der Waals surface area contributed by atoms with Crippen LogP contribution in [0.1, 0.15) is 12.0 Å². The highest BCUT2D eigenvalue weighted by atomic mass is 16.5. The number of anilines is 2. The molecule has 2 aliphatic rings. The molecule has 4 rings (SSSR count). The van der Waals surface area contributed by atoms with Gasteiger partial charge in [0.1, 0.15) is 5.75 Å². The summed E-state index contributed by atoms with van der Waals surface area (Å²) in [7, 11) is 0. The van der Waals surface area contributed by atoms with Crippen LogP contribution in [0, 0.1) is 0 Å². The number of hydrogen-bond donors (Lipinski definition) is 1. The number of para-hydroxylation sites is 1. The minimum absolute atomic E-state index is 0.0553. The van der Waals surface area contributed by atoms with Gasteiger partial charge in [0.25, 0.3) is 5.91 Å². The molecule has 2 heterocycles. The highest BCUT2D eigenvalue weighted by molar-refractivity contribution is 5.95. The number of fused-ring (bicyclic) bond motifs is 1. The largest absolute Gasteiger partial charge is 0.482 e. The number of ether oxygens (including phenoxy) is 1. The van der Waals surface area contributed by atoms with E-state index in [0.29, 0.717) is 24.3 Å². The summed E-state index contributed by atoms with van der Waals surface area (Å²) in [5.41, 5.74) is 2.92. The Hall–Kier alpha value is -3.02. The maximum Gasteiger partial charge on any atom is 0.262 e. The molecule has 1 N–H and O–H groups in total. The first-order valence-corrected chi connectivity index (χ1v) is 9.32. The highest BCUT2D eigenvalue weighted by Crippen LogP contribution is 2.29. The zero-order valence-corrected chi connectivity index (χ0v) is 15.2. The van der Waals surface area contributed by atoms with Gasteiger partial charge in [-0.15, -0.1) is 0 Å². The molecule has 27 heavy (non-hydrogen) atoms. The second-order valence-corrected chi connectivity index (χ2v) is 6.87. The van der Waals surface area contributed by atoms with E-state index < -0.39 is 0 Å². The molecule has 2 aromatic carbocycles. The number of nitrogens with zero attached hydrogens (tertiary/aromatic N) is 2. The molecule has 0 atom stereocenters. The molecule has 6 nitrogen and oxygen atoms in total. The van der Waals surface area contributed by atoms with Gasteiger partial charge in [0, 0.05) is 38.3 Å². The van der Waals surface area contributed by atoms with Gasteiger partial charge in [0.2, 0.25) is 5.91 Å². The van der Waals surface area contributed by atoms with Crippen molar-refractivity contribution in [2.75, 3.05) is 43.0 Å². The van der Waals surface area contributed by atoms with Gasteiger partial charge >= 0.3 is 0 Å². The number of carbonyl (C=O) groups excluding carboxylic acids is 2. The Morgan fingerprint density at radius 3 is 2.59 bits per heavy atom. The molecule has 140 valence electrons. The Balaban J connectivity index is 1.29. The SMILES string of the molecule is O=C1COc2ccc(CCC(=O)N3CCN(c4ccccc4)CC3)cc2N1. The van der Waals surface area contributed by atoms with E-state index in [9.17, 15) is 9.59 Å². The third-order valence-corrected chi connectivity index (χ3v) is 5.06. The number of benzene rings is 2. The summed E-state index contributed by atoms with van der Waals surface area (Å²) in [6.07, 6.45) is 1.12. The minimum atomic E-state index is -0.146. The third kappa shape index (κ3) is 4.05. The Morgan fingerprint density at radius 2 is 1.81 bits per heavy atom. The van der Waals surface area contributed by atoms with Crippen LogP contribution in [-0.4, -0.2) is 49.5 Å². The van der Waals surface area contributed by atoms with Crippen molar-refractivity contribution >= 4 is 23.2 Å². The van der Waals surface area contributed by atoms with Crippen molar-refractivity contribution in [2.24, 2.45) is 0 Å². The van der Waals surface area contributed by atoms with Crippen LogP contribution in [0.25, 0.3) is 0 Å². The van der Waals surface area contributed by atoms with E-state index in [-0.39, 0.29) is 18.4 Å². The number of piperazine rings is 1. The predicted molar refractivity (Wildman–Crippen MR) is 104 cm³/mol. The van der Waals surface area contributed by atoms with Gasteiger partial charge in [-0.05, 0) is 36.2 Å². The Morgan fingerprint density at radius 1 is 1.04 bits per heavy atom. The summed E-state index contributed by atoms with van der Waals surface area (Å²) < 4.78 is 5.37. The molecule has 2 amide bonds. The number of nitrogens with one attached hydrogen (secondary N) is 1. The number of aryl methyl sites for hydroxylation is 1. The molecule has 0 aromatic heterocycles. The fourth-order valence-electron chi connectivity index (χ4n) is 3.55. The summed E-state index contributed by atoms with van der Waals surface area (Å²) in [5, 5.41) is 2.81. The van der Waals surface area contributed by atoms with Crippen LogP contribution in [-0.2, 0) is 16.0 Å². The molecular formula is C21H23N3O3. The van der Waals surface area contributed by atoms with Crippen molar-refractivity contribution in [1.82, 2.24) is 4.90 Å². The topological polar surface area (TPSA) is 61.9 Å². The van der Waals surface area contributed by atoms with Crippen molar-refractivity contribution in [2.45, 2.75) is 12.8 Å². The average Bonchev–Trinajstić information content (AvgIpc) is 2.72. The van der Waals surface area contributed by atoms with Gasteiger partial charge in [-0.3, -0.25) is 9.59 Å². The molecule has 6 heteroatoms. The van der Waals surface area contributed by atoms with Crippen LogP contribution in [0.2, 0.25) is 0 Å². The Bertz CT molecular complexity index is 830. The molecule has 0 spiro atoms. The quantitative estimate of drug-likeness (QED) is 0.903. The van der Waals surface area contributed by atoms with Gasteiger partial charge in [-0.25, -0.2) is 0 Å². The van der Waals surface area contributed by atoms with Crippen LogP contribution in [0.3, 0.4) is 0 Å². The fourth-order valence-corrected chi connectivity index (χ4v) is 3.55. The molecule has 0 radical (unpaired) electrons. The normalized spacial score (nSPS) is 16.4. The van der Waals surface area contributed by atoms with Gasteiger partial charge < -0.3 is 19.9 Å². The van der Waals surface area contributed by atoms with Gasteiger partial charge in [0.05, 0.1) is 5.69 Å². The molecule has 1 saturated heterocycles. The standard InChI is InChI=1S/C21H23N3O3/c25-20-15-27-19-8-6-16(14-18(19)22-20)7-9-21(26)24-12-10-23(11-13-24)17-4-2-1-3-5-17/h1-6,8,14H,7,9-13,15H2,(H,22,25). The van der Waals surface area contributed by atoms with E-state index in [0.717, 1.165) is 31.7 Å². The van der Waals surface area contributed by atoms with Gasteiger partial charge in [-0.2, -0.15) is 0 Å². The second kappa shape index (κ2) is 7.70. The van der Waals surface area contributed by atoms with Crippen LogP contribution < -0.4 is 15.0 Å². The van der Waals surface area contributed by atoms with E-state index in [1.807, 2.05) is 41.3 Å². The van der Waals surface area contributed by atoms with Crippen molar-refractivity contribution in [1.29, 1.82) is 0 Å². The maximum atomic E-state index is 12.6. The van der Waals surface area contributed by atoms with E-state index in [2.05, 4.69) is 22.3 Å². The maximum absolute atomic E-state index is 12.6. The van der Waals surface area contributed by atoms with Crippen LogP contribution >= 0.6 is 0 Å². The van der Waals surface area contributed by atoms with Crippen molar-refractivity contribution < 1.29 is 14.3 Å². The van der Waals surface area contributed by atoms with E-state index in [4.69, 9.17) is 4.74 Å². The predicted octanol–water partition coefficient (Wildman–Crippen LogP) is 2.30. The van der Waals surface area contributed by atoms with Crippen molar-refractivity contribution in [3.8, 4) is 5.75 Å². The summed E-state index contributed by atoms with van der Waals surface area (Å²) in [4.78, 5) is 28.3. The highest BCUT2D eigenvalue weighted by Gasteiger charge is 2.21. The summed E-state index contributed by atoms with van der Waals surface area (Å²) in [6.45, 7) is 3.28. The zero-order valence-electron chi connectivity index (χ0n) is 15.2. The fraction of sp³-hybridized carbons (Fsp3) is 0.333. The molecular weight excluding hydrogens is 342 g/mol. The number of rotatable bonds is 4. The average molecular weight is 365 g/mol. The third-order valence-electron chi connectivity index (χ3n) is 5.06. The van der Waals surface area contributed by atoms with Crippen molar-refractivity contribution in [3.63, 3.8) is 0 Å². The summed E-state index contributed by atoms with van der Waals surface area (Å²) in [6, 6.07) is 16.0. The Kier molecular flexibility index (Phi) is 4.96. The Labute approximate surface area is 158 Å². The molecule has 2 aromatic rings. The lowest BCUT2D eigenvalue weighted by Crippen LogP contribution is -2.48. The number of carbonyl (C=O) groups is 2. The van der Waals surface area contributed by atoms with Crippen LogP contribution in [0.15, 0.2) is 48.5 Å². The molecule has 2 aliphatic heterocycles. The smallest absolute Gasteiger partial charge is 0.262 e. The molecule has 0 bridgehead atoms. The first-order chi connectivity index (χ1) is 13.2.